The molecule has 42 heavy (non-hydrogen) atoms. The van der Waals surface area contributed by atoms with E-state index in [0.29, 0.717) is 12.0 Å². The Morgan fingerprint density at radius 2 is 1.81 bits per heavy atom. The summed E-state index contributed by atoms with van der Waals surface area (Å²) >= 11 is 0. The third-order valence-corrected chi connectivity index (χ3v) is 11.6. The van der Waals surface area contributed by atoms with Crippen molar-refractivity contribution in [1.29, 1.82) is 0 Å². The van der Waals surface area contributed by atoms with Crippen LogP contribution in [-0.4, -0.2) is 79.9 Å². The van der Waals surface area contributed by atoms with E-state index in [1.807, 2.05) is 6.20 Å². The summed E-state index contributed by atoms with van der Waals surface area (Å²) in [5.74, 6) is 0.349. The molecule has 1 aromatic carbocycles. The number of hydrogen-bond acceptors (Lipinski definition) is 5. The molecule has 8 rings (SSSR count). The molecule has 3 fully saturated rings. The third-order valence-electron chi connectivity index (χ3n) is 11.6. The predicted molar refractivity (Wildman–Crippen MR) is 169 cm³/mol. The van der Waals surface area contributed by atoms with Gasteiger partial charge in [-0.05, 0) is 120 Å². The Morgan fingerprint density at radius 1 is 0.905 bits per heavy atom. The molecule has 2 unspecified atom stereocenters. The fourth-order valence-electron chi connectivity index (χ4n) is 9.99. The van der Waals surface area contributed by atoms with Crippen LogP contribution in [0.5, 0.6) is 0 Å². The maximum Gasteiger partial charge on any atom is 0.0997 e. The van der Waals surface area contributed by atoms with Gasteiger partial charge in [-0.1, -0.05) is 30.4 Å². The summed E-state index contributed by atoms with van der Waals surface area (Å²) in [6.45, 7) is 4.27. The second kappa shape index (κ2) is 10.6. The normalized spacial score (nSPS) is 38.4. The summed E-state index contributed by atoms with van der Waals surface area (Å²) in [7, 11) is 0. The van der Waals surface area contributed by atoms with E-state index in [-0.39, 0.29) is 17.6 Å². The number of rotatable bonds is 1. The number of aliphatic hydroxyl groups is 2. The Balaban J connectivity index is 1.33. The number of aliphatic hydroxyl groups excluding tert-OH is 1. The molecule has 6 nitrogen and oxygen atoms in total. The van der Waals surface area contributed by atoms with Crippen LogP contribution in [0.4, 0.5) is 0 Å². The van der Waals surface area contributed by atoms with Crippen molar-refractivity contribution in [1.82, 2.24) is 19.8 Å². The minimum Gasteiger partial charge on any atom is -0.393 e. The Kier molecular flexibility index (Phi) is 6.82. The van der Waals surface area contributed by atoms with E-state index in [2.05, 4.69) is 63.3 Å². The molecule has 5 aliphatic rings. The van der Waals surface area contributed by atoms with Crippen LogP contribution in [0.2, 0.25) is 0 Å². The molecule has 3 aromatic rings. The van der Waals surface area contributed by atoms with Gasteiger partial charge in [0.2, 0.25) is 0 Å². The second-order valence-corrected chi connectivity index (χ2v) is 14.1. The number of aromatic amines is 1. The molecule has 7 atom stereocenters. The van der Waals surface area contributed by atoms with Crippen molar-refractivity contribution in [3.05, 3.63) is 60.5 Å². The van der Waals surface area contributed by atoms with E-state index in [1.165, 1.54) is 29.2 Å². The molecule has 2 aromatic heterocycles. The van der Waals surface area contributed by atoms with Crippen molar-refractivity contribution in [3.8, 4) is 0 Å². The first-order valence-corrected chi connectivity index (χ1v) is 16.7. The maximum absolute atomic E-state index is 13.1. The molecule has 1 spiro atoms. The van der Waals surface area contributed by atoms with Crippen LogP contribution in [0.1, 0.15) is 76.3 Å². The Bertz CT molecular complexity index is 1530. The number of pyridine rings is 1. The highest BCUT2D eigenvalue weighted by Crippen LogP contribution is 2.62. The Hall–Kier alpha value is -2.51. The average molecular weight is 567 g/mol. The molecule has 222 valence electrons. The van der Waals surface area contributed by atoms with Gasteiger partial charge in [-0.2, -0.15) is 0 Å². The summed E-state index contributed by atoms with van der Waals surface area (Å²) < 4.78 is 0. The van der Waals surface area contributed by atoms with Crippen LogP contribution in [0.15, 0.2) is 54.8 Å². The van der Waals surface area contributed by atoms with Gasteiger partial charge in [0.1, 0.15) is 0 Å². The first kappa shape index (κ1) is 27.1. The van der Waals surface area contributed by atoms with Crippen molar-refractivity contribution in [2.45, 2.75) is 94.4 Å². The number of benzene rings is 1. The highest BCUT2D eigenvalue weighted by molar-refractivity contribution is 6.09. The maximum atomic E-state index is 13.1. The Labute approximate surface area is 249 Å². The Morgan fingerprint density at radius 3 is 2.76 bits per heavy atom. The molecule has 6 heteroatoms. The highest BCUT2D eigenvalue weighted by Gasteiger charge is 2.66. The fourth-order valence-corrected chi connectivity index (χ4v) is 9.99. The van der Waals surface area contributed by atoms with Crippen LogP contribution in [-0.2, 0) is 0 Å². The molecule has 3 saturated heterocycles. The average Bonchev–Trinajstić information content (AvgIpc) is 3.51. The lowest BCUT2D eigenvalue weighted by Crippen LogP contribution is -2.65. The number of H-pyrrole nitrogens is 1. The molecule has 6 heterocycles. The highest BCUT2D eigenvalue weighted by atomic mass is 16.3. The zero-order valence-electron chi connectivity index (χ0n) is 24.8. The van der Waals surface area contributed by atoms with Gasteiger partial charge in [0, 0.05) is 46.5 Å². The number of fused-ring (bicyclic) bond motifs is 5. The number of nitrogens with one attached hydrogen (secondary N) is 1. The van der Waals surface area contributed by atoms with Crippen LogP contribution >= 0.6 is 0 Å². The van der Waals surface area contributed by atoms with Gasteiger partial charge in [0.05, 0.1) is 22.9 Å². The number of para-hydroxylation sites is 1. The lowest BCUT2D eigenvalue weighted by Gasteiger charge is -2.58. The lowest BCUT2D eigenvalue weighted by molar-refractivity contribution is -0.0918. The fraction of sp³-hybridized carbons (Fsp3) is 0.583. The quantitative estimate of drug-likeness (QED) is 0.313. The molecular formula is C36H46N4O2. The topological polar surface area (TPSA) is 75.6 Å². The minimum atomic E-state index is -0.935. The van der Waals surface area contributed by atoms with Crippen LogP contribution in [0.3, 0.4) is 0 Å². The SMILES string of the molecule is O[C@@H]1CCCN2[C@@H](CC1)C[C@]13CN4CCCC/C=C\CC[C@](O)(C=C(c5nccc6c5[nH]c5ccccc56)C1CC4)[C@H]23. The number of piperidine rings is 1. The largest absolute Gasteiger partial charge is 0.393 e. The summed E-state index contributed by atoms with van der Waals surface area (Å²) in [5.41, 5.74) is 3.57. The standard InChI is InChI=1S/C36H46N4O2/c41-26-10-9-20-40-25(13-14-26)22-35-24-39-19-8-4-2-1-3-7-17-36(42,34(35)40)23-29(30(35)16-21-39)32-33-28(15-18-37-32)27-11-5-6-12-31(27)38-33/h1,3,5-6,11-12,15,18,23,25-26,30,34,38,41-42H,2,4,7-10,13-14,16-17,19-22,24H2/b3-1-/t25-,26+,30?,34+,35-,36-/m0/s1. The first-order chi connectivity index (χ1) is 20.6. The molecule has 3 bridgehead atoms. The monoisotopic (exact) mass is 566 g/mol. The second-order valence-electron chi connectivity index (χ2n) is 14.1. The van der Waals surface area contributed by atoms with Gasteiger partial charge in [-0.15, -0.1) is 0 Å². The lowest BCUT2D eigenvalue weighted by atomic mass is 9.54. The minimum absolute atomic E-state index is 0.0370. The van der Waals surface area contributed by atoms with E-state index in [4.69, 9.17) is 4.98 Å². The smallest absolute Gasteiger partial charge is 0.0997 e. The first-order valence-electron chi connectivity index (χ1n) is 16.7. The van der Waals surface area contributed by atoms with Gasteiger partial charge in [-0.25, -0.2) is 0 Å². The van der Waals surface area contributed by atoms with Gasteiger partial charge in [0.25, 0.3) is 0 Å². The summed E-state index contributed by atoms with van der Waals surface area (Å²) in [4.78, 5) is 14.3. The third kappa shape index (κ3) is 4.32. The van der Waals surface area contributed by atoms with Crippen LogP contribution in [0.25, 0.3) is 27.4 Å². The molecule has 4 aliphatic heterocycles. The molecule has 1 aliphatic carbocycles. The van der Waals surface area contributed by atoms with Crippen molar-refractivity contribution in [3.63, 3.8) is 0 Å². The number of hydrogen-bond donors (Lipinski definition) is 3. The van der Waals surface area contributed by atoms with Gasteiger partial charge >= 0.3 is 0 Å². The van der Waals surface area contributed by atoms with Gasteiger partial charge in [-0.3, -0.25) is 9.88 Å². The van der Waals surface area contributed by atoms with Crippen molar-refractivity contribution < 1.29 is 10.2 Å². The zero-order valence-corrected chi connectivity index (χ0v) is 24.8. The van der Waals surface area contributed by atoms with E-state index < -0.39 is 5.60 Å². The van der Waals surface area contributed by atoms with E-state index in [9.17, 15) is 10.2 Å². The number of allylic oxidation sites excluding steroid dienone is 3. The van der Waals surface area contributed by atoms with E-state index in [1.54, 1.807) is 0 Å². The predicted octanol–water partition coefficient (Wildman–Crippen LogP) is 6.05. The molecule has 0 radical (unpaired) electrons. The molecule has 0 saturated carbocycles. The summed E-state index contributed by atoms with van der Waals surface area (Å²) in [6, 6.07) is 11.2. The van der Waals surface area contributed by atoms with E-state index >= 15 is 0 Å². The van der Waals surface area contributed by atoms with E-state index in [0.717, 1.165) is 101 Å². The van der Waals surface area contributed by atoms with Gasteiger partial charge in [0.15, 0.2) is 0 Å². The van der Waals surface area contributed by atoms with Gasteiger partial charge < -0.3 is 20.1 Å². The molecule has 3 N–H and O–H groups in total. The zero-order chi connectivity index (χ0) is 28.3. The van der Waals surface area contributed by atoms with Crippen molar-refractivity contribution >= 4 is 27.4 Å². The van der Waals surface area contributed by atoms with Crippen molar-refractivity contribution in [2.75, 3.05) is 26.2 Å². The summed E-state index contributed by atoms with van der Waals surface area (Å²) in [5, 5.41) is 26.2. The number of nitrogens with zero attached hydrogens (tertiary/aromatic N) is 3. The van der Waals surface area contributed by atoms with Crippen LogP contribution in [0, 0.1) is 11.3 Å². The summed E-state index contributed by atoms with van der Waals surface area (Å²) in [6.07, 6.45) is 20.0. The van der Waals surface area contributed by atoms with Crippen molar-refractivity contribution in [2.24, 2.45) is 11.3 Å². The number of aromatic nitrogens is 2. The molecular weight excluding hydrogens is 520 g/mol. The molecule has 0 amide bonds. The van der Waals surface area contributed by atoms with Crippen LogP contribution < -0.4 is 0 Å².